The molecule has 1 amide bonds. The molecule has 1 atom stereocenters. The Morgan fingerprint density at radius 2 is 2.14 bits per heavy atom. The number of hydrogen-bond donors (Lipinski definition) is 1. The number of β-amino-alcohol motifs (C(OH)–C–C–N with tert-alkyl or cyclic N) is 1. The second-order valence-electron chi connectivity index (χ2n) is 6.30. The number of aliphatic hydroxyl groups is 1. The van der Waals surface area contributed by atoms with Crippen molar-refractivity contribution >= 4 is 5.91 Å². The molecule has 0 unspecified atom stereocenters. The summed E-state index contributed by atoms with van der Waals surface area (Å²) in [6, 6.07) is 7.99. The lowest BCUT2D eigenvalue weighted by molar-refractivity contribution is -0.133. The first-order chi connectivity index (χ1) is 10.7. The number of hydrogen-bond acceptors (Lipinski definition) is 4. The molecule has 0 spiro atoms. The van der Waals surface area contributed by atoms with Crippen LogP contribution in [0.1, 0.15) is 18.4 Å². The fourth-order valence-electron chi connectivity index (χ4n) is 3.02. The SMILES string of the molecule is COc1cccc(CN2CCN(C(=O)C3CC3)C[C@@H](O)C2)c1. The Morgan fingerprint density at radius 3 is 2.86 bits per heavy atom. The predicted octanol–water partition coefficient (Wildman–Crippen LogP) is 1.11. The maximum Gasteiger partial charge on any atom is 0.225 e. The summed E-state index contributed by atoms with van der Waals surface area (Å²) in [7, 11) is 1.66. The molecule has 0 aromatic heterocycles. The number of carbonyl (C=O) groups excluding carboxylic acids is 1. The first kappa shape index (κ1) is 15.3. The monoisotopic (exact) mass is 304 g/mol. The number of carbonyl (C=O) groups is 1. The maximum absolute atomic E-state index is 12.2. The molecular weight excluding hydrogens is 280 g/mol. The number of rotatable bonds is 4. The van der Waals surface area contributed by atoms with E-state index >= 15 is 0 Å². The van der Waals surface area contributed by atoms with Crippen LogP contribution in [0.4, 0.5) is 0 Å². The van der Waals surface area contributed by atoms with Crippen molar-refractivity contribution in [3.8, 4) is 5.75 Å². The summed E-state index contributed by atoms with van der Waals surface area (Å²) < 4.78 is 5.25. The summed E-state index contributed by atoms with van der Waals surface area (Å²) in [5, 5.41) is 10.2. The molecule has 120 valence electrons. The average Bonchev–Trinajstić information content (AvgIpc) is 3.35. The van der Waals surface area contributed by atoms with Gasteiger partial charge in [0.1, 0.15) is 5.75 Å². The molecule has 1 aromatic carbocycles. The van der Waals surface area contributed by atoms with E-state index in [1.54, 1.807) is 7.11 Å². The van der Waals surface area contributed by atoms with Gasteiger partial charge in [-0.2, -0.15) is 0 Å². The highest BCUT2D eigenvalue weighted by molar-refractivity contribution is 5.81. The maximum atomic E-state index is 12.2. The molecule has 5 heteroatoms. The lowest BCUT2D eigenvalue weighted by Gasteiger charge is -2.22. The van der Waals surface area contributed by atoms with E-state index in [4.69, 9.17) is 4.74 Å². The van der Waals surface area contributed by atoms with Crippen LogP contribution in [0.25, 0.3) is 0 Å². The van der Waals surface area contributed by atoms with Gasteiger partial charge < -0.3 is 14.7 Å². The van der Waals surface area contributed by atoms with Gasteiger partial charge in [0, 0.05) is 38.6 Å². The summed E-state index contributed by atoms with van der Waals surface area (Å²) in [5.74, 6) is 1.29. The Hall–Kier alpha value is -1.59. The molecule has 2 fully saturated rings. The Bertz CT molecular complexity index is 530. The Balaban J connectivity index is 1.61. The molecule has 1 aliphatic heterocycles. The van der Waals surface area contributed by atoms with E-state index in [-0.39, 0.29) is 11.8 Å². The Morgan fingerprint density at radius 1 is 1.32 bits per heavy atom. The van der Waals surface area contributed by atoms with Crippen LogP contribution in [-0.4, -0.2) is 60.2 Å². The van der Waals surface area contributed by atoms with Gasteiger partial charge in [-0.3, -0.25) is 9.69 Å². The molecule has 0 bridgehead atoms. The number of aliphatic hydroxyl groups excluding tert-OH is 1. The normalized spacial score (nSPS) is 23.2. The van der Waals surface area contributed by atoms with Gasteiger partial charge in [0.25, 0.3) is 0 Å². The van der Waals surface area contributed by atoms with Gasteiger partial charge in [0.05, 0.1) is 13.2 Å². The fraction of sp³-hybridized carbons (Fsp3) is 0.588. The average molecular weight is 304 g/mol. The molecule has 1 aromatic rings. The minimum absolute atomic E-state index is 0.220. The second kappa shape index (κ2) is 6.67. The summed E-state index contributed by atoms with van der Waals surface area (Å²) in [5.41, 5.74) is 1.16. The summed E-state index contributed by atoms with van der Waals surface area (Å²) in [6.07, 6.45) is 1.55. The first-order valence-electron chi connectivity index (χ1n) is 7.98. The zero-order chi connectivity index (χ0) is 15.5. The molecular formula is C17H24N2O3. The van der Waals surface area contributed by atoms with Gasteiger partial charge in [-0.05, 0) is 30.5 Å². The number of nitrogens with zero attached hydrogens (tertiary/aromatic N) is 2. The van der Waals surface area contributed by atoms with E-state index < -0.39 is 6.10 Å². The number of amides is 1. The molecule has 1 N–H and O–H groups in total. The number of methoxy groups -OCH3 is 1. The van der Waals surface area contributed by atoms with Crippen molar-refractivity contribution in [3.63, 3.8) is 0 Å². The van der Waals surface area contributed by atoms with Crippen LogP contribution in [-0.2, 0) is 11.3 Å². The van der Waals surface area contributed by atoms with Crippen LogP contribution < -0.4 is 4.74 Å². The highest BCUT2D eigenvalue weighted by atomic mass is 16.5. The first-order valence-corrected chi connectivity index (χ1v) is 7.98. The topological polar surface area (TPSA) is 53.0 Å². The minimum atomic E-state index is -0.476. The van der Waals surface area contributed by atoms with Gasteiger partial charge in [-0.1, -0.05) is 12.1 Å². The number of benzene rings is 1. The molecule has 5 nitrogen and oxygen atoms in total. The zero-order valence-electron chi connectivity index (χ0n) is 13.1. The third-order valence-electron chi connectivity index (χ3n) is 4.36. The summed E-state index contributed by atoms with van der Waals surface area (Å²) in [4.78, 5) is 16.2. The van der Waals surface area contributed by atoms with Crippen molar-refractivity contribution in [2.75, 3.05) is 33.3 Å². The van der Waals surface area contributed by atoms with Crippen molar-refractivity contribution < 1.29 is 14.6 Å². The summed E-state index contributed by atoms with van der Waals surface area (Å²) >= 11 is 0. The van der Waals surface area contributed by atoms with Crippen LogP contribution in [0, 0.1) is 5.92 Å². The van der Waals surface area contributed by atoms with Crippen molar-refractivity contribution in [1.29, 1.82) is 0 Å². The second-order valence-corrected chi connectivity index (χ2v) is 6.30. The van der Waals surface area contributed by atoms with E-state index in [1.807, 2.05) is 23.1 Å². The van der Waals surface area contributed by atoms with Gasteiger partial charge >= 0.3 is 0 Å². The standard InChI is InChI=1S/C17H24N2O3/c1-22-16-4-2-3-13(9-16)10-18-7-8-19(12-15(20)11-18)17(21)14-5-6-14/h2-4,9,14-15,20H,5-8,10-12H2,1H3/t15-/m0/s1. The largest absolute Gasteiger partial charge is 0.497 e. The van der Waals surface area contributed by atoms with E-state index in [0.29, 0.717) is 19.6 Å². The number of ether oxygens (including phenoxy) is 1. The highest BCUT2D eigenvalue weighted by Gasteiger charge is 2.35. The highest BCUT2D eigenvalue weighted by Crippen LogP contribution is 2.31. The van der Waals surface area contributed by atoms with Crippen LogP contribution >= 0.6 is 0 Å². The summed E-state index contributed by atoms with van der Waals surface area (Å²) in [6.45, 7) is 3.33. The van der Waals surface area contributed by atoms with Gasteiger partial charge in [-0.25, -0.2) is 0 Å². The zero-order valence-corrected chi connectivity index (χ0v) is 13.1. The Labute approximate surface area is 131 Å². The molecule has 1 saturated heterocycles. The van der Waals surface area contributed by atoms with E-state index in [9.17, 15) is 9.90 Å². The van der Waals surface area contributed by atoms with Gasteiger partial charge in [0.2, 0.25) is 5.91 Å². The molecule has 22 heavy (non-hydrogen) atoms. The lowest BCUT2D eigenvalue weighted by Crippen LogP contribution is -2.38. The molecule has 1 saturated carbocycles. The lowest BCUT2D eigenvalue weighted by atomic mass is 10.2. The predicted molar refractivity (Wildman–Crippen MR) is 83.6 cm³/mol. The molecule has 0 radical (unpaired) electrons. The third kappa shape index (κ3) is 3.78. The minimum Gasteiger partial charge on any atom is -0.497 e. The van der Waals surface area contributed by atoms with Crippen LogP contribution in [0.5, 0.6) is 5.75 Å². The molecule has 1 aliphatic carbocycles. The fourth-order valence-corrected chi connectivity index (χ4v) is 3.02. The quantitative estimate of drug-likeness (QED) is 0.905. The van der Waals surface area contributed by atoms with E-state index in [1.165, 1.54) is 0 Å². The van der Waals surface area contributed by atoms with Crippen molar-refractivity contribution in [1.82, 2.24) is 9.80 Å². The van der Waals surface area contributed by atoms with E-state index in [2.05, 4.69) is 11.0 Å². The van der Waals surface area contributed by atoms with Crippen LogP contribution in [0.2, 0.25) is 0 Å². The van der Waals surface area contributed by atoms with E-state index in [0.717, 1.165) is 37.2 Å². The van der Waals surface area contributed by atoms with Gasteiger partial charge in [-0.15, -0.1) is 0 Å². The van der Waals surface area contributed by atoms with Crippen molar-refractivity contribution in [2.24, 2.45) is 5.92 Å². The molecule has 2 aliphatic rings. The van der Waals surface area contributed by atoms with Crippen LogP contribution in [0.15, 0.2) is 24.3 Å². The van der Waals surface area contributed by atoms with Crippen LogP contribution in [0.3, 0.4) is 0 Å². The smallest absolute Gasteiger partial charge is 0.225 e. The molecule has 1 heterocycles. The van der Waals surface area contributed by atoms with Crippen molar-refractivity contribution in [2.45, 2.75) is 25.5 Å². The van der Waals surface area contributed by atoms with Crippen molar-refractivity contribution in [3.05, 3.63) is 29.8 Å². The van der Waals surface area contributed by atoms with Gasteiger partial charge in [0.15, 0.2) is 0 Å². The third-order valence-corrected chi connectivity index (χ3v) is 4.36. The Kier molecular flexibility index (Phi) is 4.64. The molecule has 3 rings (SSSR count).